The zero-order valence-electron chi connectivity index (χ0n) is 10.8. The molecule has 1 rings (SSSR count). The van der Waals surface area contributed by atoms with Crippen molar-refractivity contribution in [2.75, 3.05) is 21.3 Å². The summed E-state index contributed by atoms with van der Waals surface area (Å²) in [6, 6.07) is 3.28. The van der Waals surface area contributed by atoms with Crippen molar-refractivity contribution < 1.29 is 23.4 Å². The minimum absolute atomic E-state index is 0.0908. The lowest BCUT2D eigenvalue weighted by Gasteiger charge is -2.11. The highest BCUT2D eigenvalue weighted by Crippen LogP contribution is 2.32. The topological polar surface area (TPSA) is 44.8 Å². The quantitative estimate of drug-likeness (QED) is 0.733. The molecule has 1 aromatic carbocycles. The van der Waals surface area contributed by atoms with Crippen LogP contribution in [0.4, 0.5) is 4.39 Å². The van der Waals surface area contributed by atoms with Gasteiger partial charge in [0.15, 0.2) is 17.3 Å². The van der Waals surface area contributed by atoms with Gasteiger partial charge in [-0.1, -0.05) is 6.07 Å². The molecule has 18 heavy (non-hydrogen) atoms. The van der Waals surface area contributed by atoms with E-state index in [1.54, 1.807) is 12.1 Å². The predicted molar refractivity (Wildman–Crippen MR) is 64.5 cm³/mol. The second-order valence-electron chi connectivity index (χ2n) is 3.70. The van der Waals surface area contributed by atoms with Crippen LogP contribution < -0.4 is 9.47 Å². The number of ether oxygens (including phenoxy) is 3. The van der Waals surface area contributed by atoms with E-state index in [1.165, 1.54) is 21.3 Å². The molecule has 0 N–H and O–H groups in total. The highest BCUT2D eigenvalue weighted by Gasteiger charge is 2.14. The van der Waals surface area contributed by atoms with Gasteiger partial charge >= 0.3 is 5.97 Å². The Morgan fingerprint density at radius 3 is 2.50 bits per heavy atom. The van der Waals surface area contributed by atoms with Gasteiger partial charge in [-0.2, -0.15) is 0 Å². The van der Waals surface area contributed by atoms with Crippen LogP contribution in [0.3, 0.4) is 0 Å². The van der Waals surface area contributed by atoms with Crippen molar-refractivity contribution in [1.82, 2.24) is 0 Å². The van der Waals surface area contributed by atoms with Crippen molar-refractivity contribution in [2.45, 2.75) is 19.3 Å². The largest absolute Gasteiger partial charge is 0.493 e. The monoisotopic (exact) mass is 256 g/mol. The van der Waals surface area contributed by atoms with Crippen molar-refractivity contribution in [3.05, 3.63) is 23.5 Å². The molecular weight excluding hydrogens is 239 g/mol. The van der Waals surface area contributed by atoms with E-state index in [2.05, 4.69) is 4.74 Å². The summed E-state index contributed by atoms with van der Waals surface area (Å²) in [7, 11) is 4.17. The lowest BCUT2D eigenvalue weighted by molar-refractivity contribution is -0.140. The molecular formula is C13H17FO4. The molecule has 0 unspecified atom stereocenters. The summed E-state index contributed by atoms with van der Waals surface area (Å²) in [6.07, 6.45) is 1.24. The highest BCUT2D eigenvalue weighted by molar-refractivity contribution is 5.69. The summed E-state index contributed by atoms with van der Waals surface area (Å²) in [5.74, 6) is -0.294. The third kappa shape index (κ3) is 3.35. The highest BCUT2D eigenvalue weighted by atomic mass is 19.1. The zero-order chi connectivity index (χ0) is 13.5. The molecule has 5 heteroatoms. The number of hydrogen-bond acceptors (Lipinski definition) is 4. The summed E-state index contributed by atoms with van der Waals surface area (Å²) in [5, 5.41) is 0. The minimum Gasteiger partial charge on any atom is -0.493 e. The van der Waals surface area contributed by atoms with Crippen LogP contribution in [-0.4, -0.2) is 27.3 Å². The van der Waals surface area contributed by atoms with Crippen LogP contribution in [0, 0.1) is 5.82 Å². The van der Waals surface area contributed by atoms with E-state index in [-0.39, 0.29) is 18.1 Å². The molecule has 0 aliphatic rings. The van der Waals surface area contributed by atoms with Crippen LogP contribution >= 0.6 is 0 Å². The van der Waals surface area contributed by atoms with Gasteiger partial charge in [0.2, 0.25) is 0 Å². The number of rotatable bonds is 6. The van der Waals surface area contributed by atoms with Crippen molar-refractivity contribution in [1.29, 1.82) is 0 Å². The Bertz CT molecular complexity index is 418. The Labute approximate surface area is 106 Å². The maximum atomic E-state index is 14.0. The van der Waals surface area contributed by atoms with Crippen molar-refractivity contribution in [3.63, 3.8) is 0 Å². The molecule has 0 radical (unpaired) electrons. The summed E-state index contributed by atoms with van der Waals surface area (Å²) < 4.78 is 28.5. The van der Waals surface area contributed by atoms with E-state index in [9.17, 15) is 9.18 Å². The smallest absolute Gasteiger partial charge is 0.305 e. The summed E-state index contributed by atoms with van der Waals surface area (Å²) >= 11 is 0. The van der Waals surface area contributed by atoms with Crippen molar-refractivity contribution in [3.8, 4) is 11.5 Å². The van der Waals surface area contributed by atoms with Gasteiger partial charge in [0.05, 0.1) is 21.3 Å². The fourth-order valence-corrected chi connectivity index (χ4v) is 1.65. The molecule has 0 heterocycles. The maximum absolute atomic E-state index is 14.0. The Morgan fingerprint density at radius 1 is 1.22 bits per heavy atom. The SMILES string of the molecule is COC(=O)CCCc1ccc(OC)c(OC)c1F. The lowest BCUT2D eigenvalue weighted by atomic mass is 10.1. The molecule has 0 saturated carbocycles. The van der Waals surface area contributed by atoms with Gasteiger partial charge in [-0.05, 0) is 24.5 Å². The van der Waals surface area contributed by atoms with Crippen molar-refractivity contribution >= 4 is 5.97 Å². The van der Waals surface area contributed by atoms with E-state index in [0.717, 1.165) is 0 Å². The number of carbonyl (C=O) groups excluding carboxylic acids is 1. The molecule has 100 valence electrons. The number of hydrogen-bond donors (Lipinski definition) is 0. The third-order valence-electron chi connectivity index (χ3n) is 2.62. The Hall–Kier alpha value is -1.78. The van der Waals surface area contributed by atoms with E-state index in [4.69, 9.17) is 9.47 Å². The number of esters is 1. The minimum atomic E-state index is -0.443. The van der Waals surface area contributed by atoms with Crippen LogP contribution in [0.15, 0.2) is 12.1 Å². The lowest BCUT2D eigenvalue weighted by Crippen LogP contribution is -2.02. The molecule has 1 aromatic rings. The van der Waals surface area contributed by atoms with Gasteiger partial charge in [-0.25, -0.2) is 4.39 Å². The van der Waals surface area contributed by atoms with Gasteiger partial charge in [-0.15, -0.1) is 0 Å². The molecule has 0 aliphatic heterocycles. The van der Waals surface area contributed by atoms with E-state index < -0.39 is 5.82 Å². The summed E-state index contributed by atoms with van der Waals surface area (Å²) in [5.41, 5.74) is 0.497. The van der Waals surface area contributed by atoms with Gasteiger partial charge in [0.25, 0.3) is 0 Å². The number of methoxy groups -OCH3 is 3. The van der Waals surface area contributed by atoms with Crippen LogP contribution in [-0.2, 0) is 16.0 Å². The average molecular weight is 256 g/mol. The summed E-state index contributed by atoms with van der Waals surface area (Å²) in [4.78, 5) is 10.9. The Morgan fingerprint density at radius 2 is 1.94 bits per heavy atom. The van der Waals surface area contributed by atoms with Gasteiger partial charge < -0.3 is 14.2 Å². The third-order valence-corrected chi connectivity index (χ3v) is 2.62. The number of carbonyl (C=O) groups is 1. The first kappa shape index (κ1) is 14.3. The second-order valence-corrected chi connectivity index (χ2v) is 3.70. The molecule has 0 spiro atoms. The van der Waals surface area contributed by atoms with Gasteiger partial charge in [0, 0.05) is 6.42 Å². The normalized spacial score (nSPS) is 10.0. The van der Waals surface area contributed by atoms with E-state index >= 15 is 0 Å². The van der Waals surface area contributed by atoms with E-state index in [1.807, 2.05) is 0 Å². The van der Waals surface area contributed by atoms with E-state index in [0.29, 0.717) is 24.2 Å². The van der Waals surface area contributed by atoms with Crippen LogP contribution in [0.1, 0.15) is 18.4 Å². The van der Waals surface area contributed by atoms with Crippen LogP contribution in [0.25, 0.3) is 0 Å². The number of aryl methyl sites for hydroxylation is 1. The average Bonchev–Trinajstić information content (AvgIpc) is 2.39. The molecule has 0 bridgehead atoms. The Balaban J connectivity index is 2.75. The standard InChI is InChI=1S/C13H17FO4/c1-16-10-8-7-9(12(14)13(10)18-3)5-4-6-11(15)17-2/h7-8H,4-6H2,1-3H3. The zero-order valence-corrected chi connectivity index (χ0v) is 10.8. The first-order valence-electron chi connectivity index (χ1n) is 5.60. The first-order valence-corrected chi connectivity index (χ1v) is 5.60. The summed E-state index contributed by atoms with van der Waals surface area (Å²) in [6.45, 7) is 0. The number of benzene rings is 1. The van der Waals surface area contributed by atoms with Gasteiger partial charge in [-0.3, -0.25) is 4.79 Å². The molecule has 0 fully saturated rings. The maximum Gasteiger partial charge on any atom is 0.305 e. The van der Waals surface area contributed by atoms with Gasteiger partial charge in [0.1, 0.15) is 0 Å². The first-order chi connectivity index (χ1) is 8.63. The van der Waals surface area contributed by atoms with Crippen LogP contribution in [0.2, 0.25) is 0 Å². The number of halogens is 1. The van der Waals surface area contributed by atoms with Crippen molar-refractivity contribution in [2.24, 2.45) is 0 Å². The van der Waals surface area contributed by atoms with Crippen LogP contribution in [0.5, 0.6) is 11.5 Å². The second kappa shape index (κ2) is 6.83. The molecule has 0 amide bonds. The fraction of sp³-hybridized carbons (Fsp3) is 0.462. The molecule has 4 nitrogen and oxygen atoms in total. The molecule has 0 aromatic heterocycles. The Kier molecular flexibility index (Phi) is 5.42. The molecule has 0 atom stereocenters. The molecule has 0 aliphatic carbocycles. The fourth-order valence-electron chi connectivity index (χ4n) is 1.65. The predicted octanol–water partition coefficient (Wildman–Crippen LogP) is 2.34. The molecule has 0 saturated heterocycles.